The monoisotopic (exact) mass is 536 g/mol. The van der Waals surface area contributed by atoms with Crippen LogP contribution in [0.2, 0.25) is 0 Å². The number of hydrogen-bond acceptors (Lipinski definition) is 6. The number of carboxylic acid groups (broad SMARTS) is 1. The number of urea groups is 1. The van der Waals surface area contributed by atoms with Crippen molar-refractivity contribution in [2.45, 2.75) is 46.2 Å². The van der Waals surface area contributed by atoms with Crippen molar-refractivity contribution >= 4 is 23.7 Å². The molecule has 1 N–H and O–H groups in total. The van der Waals surface area contributed by atoms with Crippen molar-refractivity contribution in [1.29, 1.82) is 0 Å². The summed E-state index contributed by atoms with van der Waals surface area (Å²) < 4.78 is 7.03. The average molecular weight is 537 g/mol. The lowest BCUT2D eigenvalue weighted by Crippen LogP contribution is -2.52. The van der Waals surface area contributed by atoms with Gasteiger partial charge in [-0.05, 0) is 36.0 Å². The number of ether oxygens (including phenoxy) is 1. The molecule has 10 heteroatoms. The Bertz CT molecular complexity index is 1400. The summed E-state index contributed by atoms with van der Waals surface area (Å²) in [7, 11) is 1.34. The number of methoxy groups -OCH3 is 1. The summed E-state index contributed by atoms with van der Waals surface area (Å²) in [5.74, 6) is -1.19. The molecule has 0 saturated carbocycles. The third kappa shape index (κ3) is 4.66. The van der Waals surface area contributed by atoms with Crippen LogP contribution in [0.1, 0.15) is 60.0 Å². The van der Waals surface area contributed by atoms with Crippen LogP contribution in [0.25, 0.3) is 11.3 Å². The van der Waals surface area contributed by atoms with Crippen LogP contribution in [-0.2, 0) is 11.2 Å². The van der Waals surface area contributed by atoms with Crippen LogP contribution in [0.3, 0.4) is 0 Å². The van der Waals surface area contributed by atoms with E-state index in [1.54, 1.807) is 6.07 Å². The van der Waals surface area contributed by atoms with Gasteiger partial charge in [-0.2, -0.15) is 0 Å². The van der Waals surface area contributed by atoms with E-state index in [0.29, 0.717) is 49.8 Å². The lowest BCUT2D eigenvalue weighted by Gasteiger charge is -2.39. The van der Waals surface area contributed by atoms with Gasteiger partial charge in [0.15, 0.2) is 5.43 Å². The minimum atomic E-state index is -1.26. The predicted octanol–water partition coefficient (Wildman–Crippen LogP) is 3.34. The first-order valence-electron chi connectivity index (χ1n) is 13.6. The molecule has 2 unspecified atom stereocenters. The number of rotatable bonds is 6. The molecule has 0 aliphatic carbocycles. The minimum absolute atomic E-state index is 0.0312. The Kier molecular flexibility index (Phi) is 6.90. The summed E-state index contributed by atoms with van der Waals surface area (Å²) in [5, 5.41) is 9.55. The fraction of sp³-hybridized carbons (Fsp3) is 0.517. The Morgan fingerprint density at radius 3 is 2.44 bits per heavy atom. The zero-order valence-electron chi connectivity index (χ0n) is 23.1. The molecule has 3 aliphatic rings. The first-order chi connectivity index (χ1) is 18.5. The molecule has 39 heavy (non-hydrogen) atoms. The van der Waals surface area contributed by atoms with E-state index in [1.165, 1.54) is 19.4 Å². The Balaban J connectivity index is 1.57. The van der Waals surface area contributed by atoms with E-state index in [9.17, 15) is 24.3 Å². The standard InChI is InChI=1S/C29H36N4O6/c1-16(2)12-31-14-19-13-30(6-7-32(19)29(31)38)24-9-18-8-23(17(3)4)33-15-22(27(35)36)26(34)11-25(33)20(18)10-21(24)28(37)39-5/h9-11,15-17,19,23H,6-8,12-14H2,1-5H3,(H,35,36). The van der Waals surface area contributed by atoms with Crippen LogP contribution >= 0.6 is 0 Å². The quantitative estimate of drug-likeness (QED) is 0.564. The number of pyridine rings is 1. The fourth-order valence-electron chi connectivity index (χ4n) is 6.24. The summed E-state index contributed by atoms with van der Waals surface area (Å²) in [6, 6.07) is 5.21. The smallest absolute Gasteiger partial charge is 0.341 e. The molecule has 2 amide bonds. The van der Waals surface area contributed by atoms with Gasteiger partial charge in [0, 0.05) is 56.6 Å². The highest BCUT2D eigenvalue weighted by Gasteiger charge is 2.41. The Morgan fingerprint density at radius 2 is 1.79 bits per heavy atom. The van der Waals surface area contributed by atoms with Crippen LogP contribution in [0.4, 0.5) is 10.5 Å². The molecule has 208 valence electrons. The molecule has 3 aliphatic heterocycles. The largest absolute Gasteiger partial charge is 0.477 e. The van der Waals surface area contributed by atoms with Gasteiger partial charge < -0.3 is 29.1 Å². The van der Waals surface area contributed by atoms with E-state index in [4.69, 9.17) is 4.74 Å². The number of carboxylic acids is 1. The Labute approximate surface area is 227 Å². The van der Waals surface area contributed by atoms with E-state index < -0.39 is 17.4 Å². The molecule has 1 aromatic heterocycles. The van der Waals surface area contributed by atoms with Gasteiger partial charge in [0.1, 0.15) is 5.56 Å². The average Bonchev–Trinajstić information content (AvgIpc) is 3.19. The molecule has 2 fully saturated rings. The van der Waals surface area contributed by atoms with Gasteiger partial charge in [0.25, 0.3) is 0 Å². The molecular weight excluding hydrogens is 500 g/mol. The molecule has 2 aromatic rings. The van der Waals surface area contributed by atoms with Crippen LogP contribution in [-0.4, -0.2) is 83.3 Å². The number of aromatic nitrogens is 1. The Morgan fingerprint density at radius 1 is 1.05 bits per heavy atom. The zero-order chi connectivity index (χ0) is 28.2. The maximum atomic E-state index is 13.0. The van der Waals surface area contributed by atoms with E-state index in [2.05, 4.69) is 32.6 Å². The first kappa shape index (κ1) is 26.8. The minimum Gasteiger partial charge on any atom is -0.477 e. The number of anilines is 1. The molecule has 0 bridgehead atoms. The van der Waals surface area contributed by atoms with Gasteiger partial charge in [-0.25, -0.2) is 14.4 Å². The van der Waals surface area contributed by atoms with Crippen molar-refractivity contribution in [1.82, 2.24) is 14.4 Å². The zero-order valence-corrected chi connectivity index (χ0v) is 23.1. The van der Waals surface area contributed by atoms with Crippen LogP contribution in [0, 0.1) is 11.8 Å². The lowest BCUT2D eigenvalue weighted by atomic mass is 9.85. The first-order valence-corrected chi connectivity index (χ1v) is 13.6. The summed E-state index contributed by atoms with van der Waals surface area (Å²) in [6.07, 6.45) is 2.05. The van der Waals surface area contributed by atoms with Crippen LogP contribution in [0.5, 0.6) is 0 Å². The number of aromatic carboxylic acids is 1. The second kappa shape index (κ2) is 10.1. The SMILES string of the molecule is COC(=O)c1cc2c(cc1N1CCN3C(=O)N(CC(C)C)CC3C1)CC(C(C)C)n1cc(C(=O)O)c(=O)cc1-2. The molecule has 2 atom stereocenters. The van der Waals surface area contributed by atoms with Gasteiger partial charge in [0.2, 0.25) is 0 Å². The third-order valence-electron chi connectivity index (χ3n) is 8.13. The van der Waals surface area contributed by atoms with E-state index in [1.807, 2.05) is 20.4 Å². The number of hydrogen-bond donors (Lipinski definition) is 1. The van der Waals surface area contributed by atoms with Gasteiger partial charge >= 0.3 is 18.0 Å². The van der Waals surface area contributed by atoms with Gasteiger partial charge in [-0.15, -0.1) is 0 Å². The van der Waals surface area contributed by atoms with Crippen molar-refractivity contribution in [3.05, 3.63) is 51.3 Å². The number of carbonyl (C=O) groups is 3. The number of amides is 2. The van der Waals surface area contributed by atoms with Crippen molar-refractivity contribution in [3.8, 4) is 11.3 Å². The van der Waals surface area contributed by atoms with Crippen molar-refractivity contribution in [2.75, 3.05) is 44.7 Å². The molecule has 5 rings (SSSR count). The molecule has 0 radical (unpaired) electrons. The lowest BCUT2D eigenvalue weighted by molar-refractivity contribution is 0.0600. The molecule has 2 saturated heterocycles. The fourth-order valence-corrected chi connectivity index (χ4v) is 6.24. The highest BCUT2D eigenvalue weighted by Crippen LogP contribution is 2.41. The Hall–Kier alpha value is -3.82. The second-order valence-corrected chi connectivity index (χ2v) is 11.6. The highest BCUT2D eigenvalue weighted by molar-refractivity contribution is 5.98. The summed E-state index contributed by atoms with van der Waals surface area (Å²) in [6.45, 7) is 11.5. The number of esters is 1. The molecule has 0 spiro atoms. The molecular formula is C29H36N4O6. The van der Waals surface area contributed by atoms with Crippen molar-refractivity contribution < 1.29 is 24.2 Å². The number of fused-ring (bicyclic) bond motifs is 4. The third-order valence-corrected chi connectivity index (χ3v) is 8.13. The maximum absolute atomic E-state index is 13.0. The number of carbonyl (C=O) groups excluding carboxylic acids is 2. The van der Waals surface area contributed by atoms with Gasteiger partial charge in [-0.1, -0.05) is 27.7 Å². The van der Waals surface area contributed by atoms with Crippen molar-refractivity contribution in [3.63, 3.8) is 0 Å². The summed E-state index contributed by atoms with van der Waals surface area (Å²) in [5.41, 5.74) is 2.62. The molecule has 10 nitrogen and oxygen atoms in total. The second-order valence-electron chi connectivity index (χ2n) is 11.6. The number of benzene rings is 1. The van der Waals surface area contributed by atoms with Gasteiger partial charge in [0.05, 0.1) is 30.1 Å². The van der Waals surface area contributed by atoms with E-state index in [0.717, 1.165) is 23.4 Å². The van der Waals surface area contributed by atoms with Gasteiger partial charge in [-0.3, -0.25) is 4.79 Å². The molecule has 1 aromatic carbocycles. The number of nitrogens with zero attached hydrogens (tertiary/aromatic N) is 4. The maximum Gasteiger partial charge on any atom is 0.341 e. The summed E-state index contributed by atoms with van der Waals surface area (Å²) in [4.78, 5) is 56.4. The normalized spacial score (nSPS) is 20.3. The van der Waals surface area contributed by atoms with E-state index >= 15 is 0 Å². The van der Waals surface area contributed by atoms with E-state index in [-0.39, 0.29) is 29.6 Å². The molecule has 4 heterocycles. The highest BCUT2D eigenvalue weighted by atomic mass is 16.5. The van der Waals surface area contributed by atoms with Crippen LogP contribution in [0.15, 0.2) is 29.2 Å². The van der Waals surface area contributed by atoms with Crippen LogP contribution < -0.4 is 10.3 Å². The number of piperazine rings is 1. The predicted molar refractivity (Wildman–Crippen MR) is 147 cm³/mol. The topological polar surface area (TPSA) is 112 Å². The summed E-state index contributed by atoms with van der Waals surface area (Å²) >= 11 is 0. The van der Waals surface area contributed by atoms with Crippen molar-refractivity contribution in [2.24, 2.45) is 11.8 Å².